The number of carbonyl (C=O) groups excluding carboxylic acids is 3. The van der Waals surface area contributed by atoms with E-state index < -0.39 is 6.10 Å². The average Bonchev–Trinajstić information content (AvgIpc) is 3.39. The molecule has 0 aliphatic rings. The van der Waals surface area contributed by atoms with Gasteiger partial charge in [0.05, 0.1) is 0 Å². The Kier molecular flexibility index (Phi) is 60.2. The van der Waals surface area contributed by atoms with Crippen molar-refractivity contribution in [2.24, 2.45) is 0 Å². The van der Waals surface area contributed by atoms with E-state index in [-0.39, 0.29) is 31.1 Å². The molecule has 0 spiro atoms. The van der Waals surface area contributed by atoms with E-state index in [9.17, 15) is 14.4 Å². The summed E-state index contributed by atoms with van der Waals surface area (Å²) in [5, 5.41) is 0. The number of hydrogen-bond acceptors (Lipinski definition) is 6. The molecule has 0 heterocycles. The highest BCUT2D eigenvalue weighted by atomic mass is 16.6. The van der Waals surface area contributed by atoms with Crippen LogP contribution in [0.5, 0.6) is 0 Å². The summed E-state index contributed by atoms with van der Waals surface area (Å²) in [5.41, 5.74) is 0. The average molecular weight is 1030 g/mol. The highest BCUT2D eigenvalue weighted by molar-refractivity contribution is 5.71. The lowest BCUT2D eigenvalue weighted by Gasteiger charge is -2.18. The molecular weight excluding hydrogens is 901 g/mol. The first-order valence-electron chi connectivity index (χ1n) is 32.5. The van der Waals surface area contributed by atoms with Crippen LogP contribution in [0.1, 0.15) is 355 Å². The molecule has 1 atom stereocenters. The zero-order valence-corrected chi connectivity index (χ0v) is 49.2. The first kappa shape index (κ1) is 70.6. The molecule has 0 bridgehead atoms. The maximum absolute atomic E-state index is 12.8. The van der Waals surface area contributed by atoms with Crippen LogP contribution in [0.3, 0.4) is 0 Å². The van der Waals surface area contributed by atoms with Crippen LogP contribution in [0.25, 0.3) is 0 Å². The maximum Gasteiger partial charge on any atom is 0.306 e. The van der Waals surface area contributed by atoms with Gasteiger partial charge in [-0.15, -0.1) is 0 Å². The van der Waals surface area contributed by atoms with Crippen LogP contribution in [0.4, 0.5) is 0 Å². The standard InChI is InChI=1S/C67H124O6/c1-4-7-10-13-16-18-20-22-23-24-25-26-27-28-29-30-31-32-33-34-35-36-37-38-39-40-41-42-43-45-46-48-51-54-57-60-66(69)72-63-64(62-71-65(68)59-56-53-50-15-12-9-6-3)73-67(70)61-58-55-52-49-47-44-21-19-17-14-11-8-5-2/h11,14,19,21,24-25,64H,4-10,12-13,15-18,20,22-23,26-63H2,1-3H3/b14-11-,21-19-,25-24-. The predicted molar refractivity (Wildman–Crippen MR) is 316 cm³/mol. The Morgan fingerprint density at radius 2 is 0.521 bits per heavy atom. The van der Waals surface area contributed by atoms with Gasteiger partial charge in [0.2, 0.25) is 0 Å². The van der Waals surface area contributed by atoms with Crippen LogP contribution in [0.15, 0.2) is 36.5 Å². The van der Waals surface area contributed by atoms with Gasteiger partial charge in [0.15, 0.2) is 6.10 Å². The minimum absolute atomic E-state index is 0.0737. The van der Waals surface area contributed by atoms with E-state index in [1.54, 1.807) is 0 Å². The largest absolute Gasteiger partial charge is 0.462 e. The third-order valence-corrected chi connectivity index (χ3v) is 14.6. The Hall–Kier alpha value is -2.37. The van der Waals surface area contributed by atoms with E-state index in [0.29, 0.717) is 19.3 Å². The quantitative estimate of drug-likeness (QED) is 0.0261. The highest BCUT2D eigenvalue weighted by Crippen LogP contribution is 2.18. The number of allylic oxidation sites excluding steroid dienone is 6. The lowest BCUT2D eigenvalue weighted by molar-refractivity contribution is -0.167. The molecule has 6 nitrogen and oxygen atoms in total. The van der Waals surface area contributed by atoms with E-state index >= 15 is 0 Å². The molecule has 0 aromatic heterocycles. The number of unbranched alkanes of at least 4 members (excludes halogenated alkanes) is 43. The first-order valence-corrected chi connectivity index (χ1v) is 32.5. The fourth-order valence-electron chi connectivity index (χ4n) is 9.71. The van der Waals surface area contributed by atoms with Gasteiger partial charge in [0.25, 0.3) is 0 Å². The number of rotatable bonds is 60. The minimum atomic E-state index is -0.773. The van der Waals surface area contributed by atoms with Crippen LogP contribution in [0.2, 0.25) is 0 Å². The van der Waals surface area contributed by atoms with Crippen LogP contribution >= 0.6 is 0 Å². The number of hydrogen-bond donors (Lipinski definition) is 0. The normalized spacial score (nSPS) is 12.2. The first-order chi connectivity index (χ1) is 36.0. The Labute approximate surface area is 455 Å². The van der Waals surface area contributed by atoms with E-state index in [2.05, 4.69) is 57.2 Å². The Morgan fingerprint density at radius 1 is 0.274 bits per heavy atom. The summed E-state index contributed by atoms with van der Waals surface area (Å²) in [6.45, 7) is 6.56. The zero-order valence-electron chi connectivity index (χ0n) is 49.2. The third kappa shape index (κ3) is 60.4. The second-order valence-electron chi connectivity index (χ2n) is 22.0. The molecule has 6 heteroatoms. The zero-order chi connectivity index (χ0) is 52.9. The van der Waals surface area contributed by atoms with Crippen molar-refractivity contribution in [3.05, 3.63) is 36.5 Å². The summed E-state index contributed by atoms with van der Waals surface area (Å²) in [7, 11) is 0. The fraction of sp³-hybridized carbons (Fsp3) is 0.866. The summed E-state index contributed by atoms with van der Waals surface area (Å²) in [6.07, 6.45) is 76.4. The summed E-state index contributed by atoms with van der Waals surface area (Å²) in [6, 6.07) is 0. The van der Waals surface area contributed by atoms with Crippen LogP contribution < -0.4 is 0 Å². The molecule has 428 valence electrons. The molecule has 0 radical (unpaired) electrons. The number of carbonyl (C=O) groups is 3. The molecule has 73 heavy (non-hydrogen) atoms. The van der Waals surface area contributed by atoms with Crippen molar-refractivity contribution in [2.75, 3.05) is 13.2 Å². The molecule has 0 aliphatic heterocycles. The lowest BCUT2D eigenvalue weighted by atomic mass is 10.0. The molecule has 0 rings (SSSR count). The van der Waals surface area contributed by atoms with Gasteiger partial charge in [-0.1, -0.05) is 301 Å². The second kappa shape index (κ2) is 62.2. The van der Waals surface area contributed by atoms with Crippen molar-refractivity contribution in [2.45, 2.75) is 361 Å². The molecule has 0 N–H and O–H groups in total. The van der Waals surface area contributed by atoms with E-state index in [1.807, 2.05) is 0 Å². The van der Waals surface area contributed by atoms with Crippen molar-refractivity contribution >= 4 is 17.9 Å². The molecular formula is C67H124O6. The van der Waals surface area contributed by atoms with Crippen LogP contribution in [0, 0.1) is 0 Å². The number of ether oxygens (including phenoxy) is 3. The molecule has 0 fully saturated rings. The van der Waals surface area contributed by atoms with Crippen molar-refractivity contribution in [3.63, 3.8) is 0 Å². The monoisotopic (exact) mass is 1020 g/mol. The van der Waals surface area contributed by atoms with E-state index in [4.69, 9.17) is 14.2 Å². The van der Waals surface area contributed by atoms with Crippen LogP contribution in [-0.4, -0.2) is 37.2 Å². The van der Waals surface area contributed by atoms with Crippen LogP contribution in [-0.2, 0) is 28.6 Å². The number of esters is 3. The summed E-state index contributed by atoms with van der Waals surface area (Å²) in [4.78, 5) is 37.9. The lowest BCUT2D eigenvalue weighted by Crippen LogP contribution is -2.30. The van der Waals surface area contributed by atoms with Gasteiger partial charge in [-0.2, -0.15) is 0 Å². The van der Waals surface area contributed by atoms with Crippen molar-refractivity contribution < 1.29 is 28.6 Å². The Morgan fingerprint density at radius 3 is 0.822 bits per heavy atom. The Balaban J connectivity index is 3.88. The van der Waals surface area contributed by atoms with Crippen molar-refractivity contribution in [1.82, 2.24) is 0 Å². The topological polar surface area (TPSA) is 78.9 Å². The summed E-state index contributed by atoms with van der Waals surface area (Å²) in [5.74, 6) is -0.878. The Bertz CT molecular complexity index is 1220. The van der Waals surface area contributed by atoms with Gasteiger partial charge >= 0.3 is 17.9 Å². The predicted octanol–water partition coefficient (Wildman–Crippen LogP) is 22.0. The fourth-order valence-corrected chi connectivity index (χ4v) is 9.71. The second-order valence-corrected chi connectivity index (χ2v) is 22.0. The van der Waals surface area contributed by atoms with Gasteiger partial charge in [-0.05, 0) is 70.6 Å². The molecule has 0 aliphatic carbocycles. The molecule has 1 unspecified atom stereocenters. The van der Waals surface area contributed by atoms with Gasteiger partial charge in [0, 0.05) is 19.3 Å². The SMILES string of the molecule is CCC/C=C\C/C=C\CCCCCCCC(=O)OC(COC(=O)CCCCCCCCC)COC(=O)CCCCCCCCCCCCCCCCCCCCCCCCC/C=C\CCCCCCCCCC. The van der Waals surface area contributed by atoms with Gasteiger partial charge in [-0.3, -0.25) is 14.4 Å². The molecule has 0 saturated heterocycles. The van der Waals surface area contributed by atoms with Gasteiger partial charge < -0.3 is 14.2 Å². The molecule has 0 aromatic carbocycles. The van der Waals surface area contributed by atoms with Crippen molar-refractivity contribution in [1.29, 1.82) is 0 Å². The van der Waals surface area contributed by atoms with Gasteiger partial charge in [-0.25, -0.2) is 0 Å². The highest BCUT2D eigenvalue weighted by Gasteiger charge is 2.19. The third-order valence-electron chi connectivity index (χ3n) is 14.6. The van der Waals surface area contributed by atoms with E-state index in [0.717, 1.165) is 89.9 Å². The molecule has 0 saturated carbocycles. The maximum atomic E-state index is 12.8. The van der Waals surface area contributed by atoms with E-state index in [1.165, 1.54) is 225 Å². The van der Waals surface area contributed by atoms with Gasteiger partial charge in [0.1, 0.15) is 13.2 Å². The summed E-state index contributed by atoms with van der Waals surface area (Å²) < 4.78 is 16.8. The summed E-state index contributed by atoms with van der Waals surface area (Å²) >= 11 is 0. The molecule has 0 aromatic rings. The smallest absolute Gasteiger partial charge is 0.306 e. The molecule has 0 amide bonds. The van der Waals surface area contributed by atoms with Crippen molar-refractivity contribution in [3.8, 4) is 0 Å². The minimum Gasteiger partial charge on any atom is -0.462 e.